The fourth-order valence-corrected chi connectivity index (χ4v) is 5.08. The van der Waals surface area contributed by atoms with Gasteiger partial charge in [0, 0.05) is 49.0 Å². The summed E-state index contributed by atoms with van der Waals surface area (Å²) in [5.74, 6) is -0.0547. The number of nitrogens with zero attached hydrogens (tertiary/aromatic N) is 5. The number of benzene rings is 1. The first-order valence-electron chi connectivity index (χ1n) is 13.0. The average molecular weight is 518 g/mol. The number of aromatic nitrogens is 4. The number of hydrogen-bond acceptors (Lipinski definition) is 7. The molecule has 0 saturated carbocycles. The van der Waals surface area contributed by atoms with E-state index in [-0.39, 0.29) is 24.0 Å². The molecule has 1 aliphatic heterocycles. The zero-order chi connectivity index (χ0) is 26.8. The summed E-state index contributed by atoms with van der Waals surface area (Å²) in [4.78, 5) is 24.9. The van der Waals surface area contributed by atoms with Crippen molar-refractivity contribution in [1.82, 2.24) is 19.7 Å². The Labute approximate surface area is 221 Å². The fraction of sp³-hybridized carbons (Fsp3) is 0.379. The van der Waals surface area contributed by atoms with Gasteiger partial charge in [0.05, 0.1) is 18.5 Å². The third-order valence-corrected chi connectivity index (χ3v) is 6.99. The normalized spacial score (nSPS) is 14.3. The monoisotopic (exact) mass is 517 g/mol. The first-order chi connectivity index (χ1) is 18.4. The molecule has 1 aliphatic rings. The number of fused-ring (bicyclic) bond motifs is 1. The molecule has 1 aromatic carbocycles. The molecule has 0 N–H and O–H groups in total. The van der Waals surface area contributed by atoms with Gasteiger partial charge in [-0.1, -0.05) is 19.9 Å². The molecular weight excluding hydrogens is 485 g/mol. The maximum atomic E-state index is 14.1. The van der Waals surface area contributed by atoms with E-state index >= 15 is 0 Å². The Balaban J connectivity index is 1.68. The van der Waals surface area contributed by atoms with Crippen molar-refractivity contribution in [3.8, 4) is 16.8 Å². The van der Waals surface area contributed by atoms with Gasteiger partial charge >= 0.3 is 5.97 Å². The number of pyridine rings is 2. The van der Waals surface area contributed by atoms with Crippen LogP contribution in [-0.2, 0) is 9.47 Å². The summed E-state index contributed by atoms with van der Waals surface area (Å²) < 4.78 is 26.5. The highest BCUT2D eigenvalue weighted by Gasteiger charge is 2.27. The molecule has 1 saturated heterocycles. The molecule has 4 aromatic rings. The summed E-state index contributed by atoms with van der Waals surface area (Å²) in [5.41, 5.74) is 3.62. The highest BCUT2D eigenvalue weighted by molar-refractivity contribution is 6.02. The number of carbonyl (C=O) groups is 1. The maximum Gasteiger partial charge on any atom is 0.357 e. The lowest BCUT2D eigenvalue weighted by Gasteiger charge is -2.32. The van der Waals surface area contributed by atoms with Crippen LogP contribution in [0.2, 0.25) is 0 Å². The van der Waals surface area contributed by atoms with Crippen molar-refractivity contribution in [3.63, 3.8) is 0 Å². The van der Waals surface area contributed by atoms with Crippen LogP contribution in [0.5, 0.6) is 0 Å². The Kier molecular flexibility index (Phi) is 7.37. The van der Waals surface area contributed by atoms with E-state index in [0.717, 1.165) is 53.9 Å². The lowest BCUT2D eigenvalue weighted by atomic mass is 9.90. The van der Waals surface area contributed by atoms with Crippen LogP contribution in [0.1, 0.15) is 55.6 Å². The third kappa shape index (κ3) is 4.86. The van der Waals surface area contributed by atoms with E-state index in [0.29, 0.717) is 17.4 Å². The minimum absolute atomic E-state index is 0.0385. The number of rotatable bonds is 7. The van der Waals surface area contributed by atoms with E-state index in [4.69, 9.17) is 19.4 Å². The van der Waals surface area contributed by atoms with Gasteiger partial charge in [0.15, 0.2) is 11.3 Å². The molecule has 3 aromatic heterocycles. The minimum atomic E-state index is -0.504. The molecule has 8 nitrogen and oxygen atoms in total. The zero-order valence-corrected chi connectivity index (χ0v) is 22.1. The molecule has 9 heteroatoms. The smallest absolute Gasteiger partial charge is 0.357 e. The quantitative estimate of drug-likeness (QED) is 0.298. The first-order valence-corrected chi connectivity index (χ1v) is 13.0. The number of esters is 1. The Hall–Kier alpha value is -3.85. The van der Waals surface area contributed by atoms with Crippen molar-refractivity contribution in [2.75, 3.05) is 31.8 Å². The van der Waals surface area contributed by atoms with Gasteiger partial charge in [-0.2, -0.15) is 5.10 Å². The Morgan fingerprint density at radius 2 is 2.00 bits per heavy atom. The minimum Gasteiger partial charge on any atom is -0.461 e. The molecule has 198 valence electrons. The van der Waals surface area contributed by atoms with Crippen molar-refractivity contribution < 1.29 is 18.7 Å². The van der Waals surface area contributed by atoms with E-state index in [2.05, 4.69) is 17.0 Å². The first kappa shape index (κ1) is 25.8. The molecule has 0 bridgehead atoms. The largest absolute Gasteiger partial charge is 0.461 e. The standard InChI is InChI=1S/C29H32FN5O3/c1-5-38-29(36)27-25(18(2)3)26(19-9-10-24(31-16-19)34(4)21-11-13-37-14-12-21)23-17-32-35(28(23)33-27)22-8-6-7-20(30)15-22/h6-10,15-18,21H,5,11-14H2,1-4H3. The lowest BCUT2D eigenvalue weighted by Crippen LogP contribution is -2.37. The van der Waals surface area contributed by atoms with Gasteiger partial charge in [0.2, 0.25) is 0 Å². The summed E-state index contributed by atoms with van der Waals surface area (Å²) in [6, 6.07) is 10.5. The van der Waals surface area contributed by atoms with E-state index < -0.39 is 5.97 Å². The van der Waals surface area contributed by atoms with E-state index in [1.807, 2.05) is 32.2 Å². The van der Waals surface area contributed by atoms with Crippen LogP contribution in [0, 0.1) is 5.82 Å². The van der Waals surface area contributed by atoms with Gasteiger partial charge in [-0.05, 0) is 61.6 Å². The summed E-state index contributed by atoms with van der Waals surface area (Å²) in [6.45, 7) is 7.54. The molecule has 0 atom stereocenters. The Bertz CT molecular complexity index is 1440. The van der Waals surface area contributed by atoms with Crippen LogP contribution in [0.4, 0.5) is 10.2 Å². The highest BCUT2D eigenvalue weighted by atomic mass is 19.1. The van der Waals surface area contributed by atoms with E-state index in [1.165, 1.54) is 12.1 Å². The Morgan fingerprint density at radius 1 is 1.21 bits per heavy atom. The van der Waals surface area contributed by atoms with Crippen molar-refractivity contribution in [2.45, 2.75) is 45.6 Å². The van der Waals surface area contributed by atoms with Crippen molar-refractivity contribution >= 4 is 22.8 Å². The number of halogens is 1. The van der Waals surface area contributed by atoms with Crippen molar-refractivity contribution in [3.05, 3.63) is 65.9 Å². The molecular formula is C29H32FN5O3. The number of anilines is 1. The topological polar surface area (TPSA) is 82.4 Å². The number of carbonyl (C=O) groups excluding carboxylic acids is 1. The molecule has 0 radical (unpaired) electrons. The van der Waals surface area contributed by atoms with Gasteiger partial charge < -0.3 is 14.4 Å². The van der Waals surface area contributed by atoms with E-state index in [1.54, 1.807) is 29.9 Å². The van der Waals surface area contributed by atoms with Crippen LogP contribution in [0.15, 0.2) is 48.8 Å². The van der Waals surface area contributed by atoms with E-state index in [9.17, 15) is 9.18 Å². The SMILES string of the molecule is CCOC(=O)c1nc2c(cnn2-c2cccc(F)c2)c(-c2ccc(N(C)C3CCOCC3)nc2)c1C(C)C. The van der Waals surface area contributed by atoms with Crippen molar-refractivity contribution in [1.29, 1.82) is 0 Å². The molecule has 38 heavy (non-hydrogen) atoms. The van der Waals surface area contributed by atoms with Crippen molar-refractivity contribution in [2.24, 2.45) is 0 Å². The molecule has 0 amide bonds. The summed E-state index contributed by atoms with van der Waals surface area (Å²) in [7, 11) is 2.06. The van der Waals surface area contributed by atoms with Crippen LogP contribution in [0.3, 0.4) is 0 Å². The molecule has 0 aliphatic carbocycles. The molecule has 1 fully saturated rings. The molecule has 5 rings (SSSR count). The maximum absolute atomic E-state index is 14.1. The van der Waals surface area contributed by atoms with Crippen LogP contribution in [0.25, 0.3) is 27.8 Å². The van der Waals surface area contributed by atoms with Gasteiger partial charge in [0.1, 0.15) is 11.6 Å². The Morgan fingerprint density at radius 3 is 2.66 bits per heavy atom. The summed E-state index contributed by atoms with van der Waals surface area (Å²) >= 11 is 0. The van der Waals surface area contributed by atoms with Crippen LogP contribution in [-0.4, -0.2) is 58.6 Å². The number of hydrogen-bond donors (Lipinski definition) is 0. The fourth-order valence-electron chi connectivity index (χ4n) is 5.08. The summed E-state index contributed by atoms with van der Waals surface area (Å²) in [5, 5.41) is 5.29. The molecule has 0 spiro atoms. The van der Waals surface area contributed by atoms with Gasteiger partial charge in [-0.25, -0.2) is 23.8 Å². The third-order valence-electron chi connectivity index (χ3n) is 6.99. The predicted molar refractivity (Wildman–Crippen MR) is 144 cm³/mol. The second-order valence-electron chi connectivity index (χ2n) is 9.76. The molecule has 4 heterocycles. The zero-order valence-electron chi connectivity index (χ0n) is 22.1. The molecule has 0 unspecified atom stereocenters. The summed E-state index contributed by atoms with van der Waals surface area (Å²) in [6.07, 6.45) is 5.47. The second kappa shape index (κ2) is 10.9. The predicted octanol–water partition coefficient (Wildman–Crippen LogP) is 5.54. The lowest BCUT2D eigenvalue weighted by molar-refractivity contribution is 0.0518. The van der Waals surface area contributed by atoms with Gasteiger partial charge in [0.25, 0.3) is 0 Å². The average Bonchev–Trinajstić information content (AvgIpc) is 3.36. The van der Waals surface area contributed by atoms with Crippen LogP contribution >= 0.6 is 0 Å². The van der Waals surface area contributed by atoms with Gasteiger partial charge in [-0.3, -0.25) is 0 Å². The van der Waals surface area contributed by atoms with Gasteiger partial charge in [-0.15, -0.1) is 0 Å². The van der Waals surface area contributed by atoms with Crippen LogP contribution < -0.4 is 4.90 Å². The highest BCUT2D eigenvalue weighted by Crippen LogP contribution is 2.38. The second-order valence-corrected chi connectivity index (χ2v) is 9.76. The number of ether oxygens (including phenoxy) is 2.